The van der Waals surface area contributed by atoms with Crippen LogP contribution in [0.15, 0.2) is 65.1 Å². The molecule has 1 heterocycles. The fraction of sp³-hybridized carbons (Fsp3) is 0.0556. The van der Waals surface area contributed by atoms with Crippen LogP contribution < -0.4 is 5.32 Å². The van der Waals surface area contributed by atoms with Crippen LogP contribution in [0.2, 0.25) is 5.02 Å². The molecule has 0 fully saturated rings. The number of carbonyl (C=O) groups is 1. The van der Waals surface area contributed by atoms with E-state index in [9.17, 15) is 9.18 Å². The zero-order chi connectivity index (χ0) is 16.2. The second-order valence-electron chi connectivity index (χ2n) is 4.98. The minimum atomic E-state index is -0.321. The van der Waals surface area contributed by atoms with E-state index >= 15 is 0 Å². The molecule has 116 valence electrons. The van der Waals surface area contributed by atoms with Crippen LogP contribution in [0.25, 0.3) is 11.3 Å². The van der Waals surface area contributed by atoms with E-state index in [0.29, 0.717) is 22.9 Å². The number of hydrogen-bond donors (Lipinski definition) is 1. The van der Waals surface area contributed by atoms with Gasteiger partial charge in [0.25, 0.3) is 5.91 Å². The predicted molar refractivity (Wildman–Crippen MR) is 86.7 cm³/mol. The van der Waals surface area contributed by atoms with Crippen molar-refractivity contribution in [3.8, 4) is 11.3 Å². The summed E-state index contributed by atoms with van der Waals surface area (Å²) in [4.78, 5) is 12.1. The van der Waals surface area contributed by atoms with E-state index in [-0.39, 0.29) is 17.5 Å². The fourth-order valence-electron chi connectivity index (χ4n) is 2.15. The van der Waals surface area contributed by atoms with Gasteiger partial charge in [0.1, 0.15) is 11.6 Å². The number of carbonyl (C=O) groups excluding carboxylic acids is 1. The topological polar surface area (TPSA) is 42.2 Å². The molecule has 1 N–H and O–H groups in total. The summed E-state index contributed by atoms with van der Waals surface area (Å²) in [6, 6.07) is 16.4. The number of benzene rings is 2. The third-order valence-electron chi connectivity index (χ3n) is 3.30. The molecular formula is C18H13ClFNO2. The molecule has 0 aliphatic carbocycles. The van der Waals surface area contributed by atoms with Crippen LogP contribution in [0, 0.1) is 5.82 Å². The van der Waals surface area contributed by atoms with Crippen molar-refractivity contribution in [2.24, 2.45) is 0 Å². The van der Waals surface area contributed by atoms with Crippen molar-refractivity contribution in [3.05, 3.63) is 82.8 Å². The first-order valence-electron chi connectivity index (χ1n) is 7.00. The van der Waals surface area contributed by atoms with Crippen LogP contribution in [0.1, 0.15) is 16.1 Å². The Bertz CT molecular complexity index is 827. The van der Waals surface area contributed by atoms with Gasteiger partial charge in [0.2, 0.25) is 0 Å². The molecule has 23 heavy (non-hydrogen) atoms. The van der Waals surface area contributed by atoms with E-state index in [1.165, 1.54) is 12.1 Å². The standard InChI is InChI=1S/C18H13ClFNO2/c19-14-3-1-2-12(10-14)11-21-18(22)17-9-8-16(23-17)13-4-6-15(20)7-5-13/h1-10H,11H2,(H,21,22). The van der Waals surface area contributed by atoms with Gasteiger partial charge in [-0.05, 0) is 54.1 Å². The average Bonchev–Trinajstić information content (AvgIpc) is 3.03. The molecule has 0 saturated carbocycles. The van der Waals surface area contributed by atoms with Gasteiger partial charge in [-0.15, -0.1) is 0 Å². The molecule has 0 spiro atoms. The molecule has 0 bridgehead atoms. The summed E-state index contributed by atoms with van der Waals surface area (Å²) in [5.74, 6) is 0.0717. The number of halogens is 2. The van der Waals surface area contributed by atoms with Gasteiger partial charge in [0, 0.05) is 17.1 Å². The number of amides is 1. The molecule has 0 aliphatic rings. The van der Waals surface area contributed by atoms with Gasteiger partial charge in [0.15, 0.2) is 5.76 Å². The summed E-state index contributed by atoms with van der Waals surface area (Å²) in [5.41, 5.74) is 1.61. The highest BCUT2D eigenvalue weighted by atomic mass is 35.5. The zero-order valence-electron chi connectivity index (χ0n) is 12.1. The van der Waals surface area contributed by atoms with E-state index in [1.54, 1.807) is 36.4 Å². The molecule has 1 amide bonds. The van der Waals surface area contributed by atoms with Gasteiger partial charge < -0.3 is 9.73 Å². The van der Waals surface area contributed by atoms with Crippen LogP contribution in [0.4, 0.5) is 4.39 Å². The highest BCUT2D eigenvalue weighted by molar-refractivity contribution is 6.30. The minimum absolute atomic E-state index is 0.200. The lowest BCUT2D eigenvalue weighted by Crippen LogP contribution is -2.22. The molecular weight excluding hydrogens is 317 g/mol. The van der Waals surface area contributed by atoms with Crippen molar-refractivity contribution in [3.63, 3.8) is 0 Å². The monoisotopic (exact) mass is 329 g/mol. The molecule has 1 aromatic heterocycles. The first-order valence-corrected chi connectivity index (χ1v) is 7.38. The Labute approximate surface area is 137 Å². The van der Waals surface area contributed by atoms with Crippen molar-refractivity contribution in [2.75, 3.05) is 0 Å². The van der Waals surface area contributed by atoms with Crippen molar-refractivity contribution in [1.29, 1.82) is 0 Å². The molecule has 5 heteroatoms. The Morgan fingerprint density at radius 3 is 2.61 bits per heavy atom. The lowest BCUT2D eigenvalue weighted by molar-refractivity contribution is 0.0924. The first-order chi connectivity index (χ1) is 11.1. The maximum Gasteiger partial charge on any atom is 0.287 e. The van der Waals surface area contributed by atoms with Gasteiger partial charge in [-0.25, -0.2) is 4.39 Å². The Morgan fingerprint density at radius 1 is 1.09 bits per heavy atom. The number of nitrogens with one attached hydrogen (secondary N) is 1. The minimum Gasteiger partial charge on any atom is -0.451 e. The summed E-state index contributed by atoms with van der Waals surface area (Å²) >= 11 is 5.90. The highest BCUT2D eigenvalue weighted by Gasteiger charge is 2.12. The van der Waals surface area contributed by atoms with Crippen molar-refractivity contribution in [2.45, 2.75) is 6.54 Å². The fourth-order valence-corrected chi connectivity index (χ4v) is 2.36. The smallest absolute Gasteiger partial charge is 0.287 e. The van der Waals surface area contributed by atoms with Gasteiger partial charge in [-0.3, -0.25) is 4.79 Å². The maximum atomic E-state index is 12.9. The largest absolute Gasteiger partial charge is 0.451 e. The average molecular weight is 330 g/mol. The number of furan rings is 1. The number of hydrogen-bond acceptors (Lipinski definition) is 2. The zero-order valence-corrected chi connectivity index (χ0v) is 12.8. The molecule has 0 atom stereocenters. The Balaban J connectivity index is 1.67. The molecule has 0 unspecified atom stereocenters. The van der Waals surface area contributed by atoms with Crippen LogP contribution >= 0.6 is 11.6 Å². The third-order valence-corrected chi connectivity index (χ3v) is 3.54. The van der Waals surface area contributed by atoms with Crippen LogP contribution in [0.3, 0.4) is 0 Å². The van der Waals surface area contributed by atoms with Crippen LogP contribution in [-0.4, -0.2) is 5.91 Å². The van der Waals surface area contributed by atoms with Gasteiger partial charge in [-0.2, -0.15) is 0 Å². The summed E-state index contributed by atoms with van der Waals surface area (Å²) in [7, 11) is 0. The van der Waals surface area contributed by atoms with E-state index in [4.69, 9.17) is 16.0 Å². The van der Waals surface area contributed by atoms with Gasteiger partial charge in [0.05, 0.1) is 0 Å². The van der Waals surface area contributed by atoms with Gasteiger partial charge in [-0.1, -0.05) is 23.7 Å². The van der Waals surface area contributed by atoms with E-state index < -0.39 is 0 Å². The van der Waals surface area contributed by atoms with Crippen LogP contribution in [0.5, 0.6) is 0 Å². The van der Waals surface area contributed by atoms with Crippen LogP contribution in [-0.2, 0) is 6.54 Å². The Morgan fingerprint density at radius 2 is 1.87 bits per heavy atom. The summed E-state index contributed by atoms with van der Waals surface area (Å²) in [6.07, 6.45) is 0. The third kappa shape index (κ3) is 3.79. The molecule has 3 aromatic rings. The molecule has 0 aliphatic heterocycles. The Hall–Kier alpha value is -2.59. The van der Waals surface area contributed by atoms with Crippen molar-refractivity contribution >= 4 is 17.5 Å². The molecule has 2 aromatic carbocycles. The second kappa shape index (κ2) is 6.67. The SMILES string of the molecule is O=C(NCc1cccc(Cl)c1)c1ccc(-c2ccc(F)cc2)o1. The quantitative estimate of drug-likeness (QED) is 0.755. The van der Waals surface area contributed by atoms with Crippen molar-refractivity contribution in [1.82, 2.24) is 5.32 Å². The molecule has 3 nitrogen and oxygen atoms in total. The van der Waals surface area contributed by atoms with E-state index in [2.05, 4.69) is 5.32 Å². The predicted octanol–water partition coefficient (Wildman–Crippen LogP) is 4.67. The summed E-state index contributed by atoms with van der Waals surface area (Å²) in [6.45, 7) is 0.353. The summed E-state index contributed by atoms with van der Waals surface area (Å²) in [5, 5.41) is 3.38. The second-order valence-corrected chi connectivity index (χ2v) is 5.42. The first kappa shape index (κ1) is 15.3. The molecule has 0 radical (unpaired) electrons. The van der Waals surface area contributed by atoms with E-state index in [0.717, 1.165) is 5.56 Å². The Kier molecular flexibility index (Phi) is 4.44. The molecule has 0 saturated heterocycles. The number of rotatable bonds is 4. The highest BCUT2D eigenvalue weighted by Crippen LogP contribution is 2.22. The van der Waals surface area contributed by atoms with Crippen molar-refractivity contribution < 1.29 is 13.6 Å². The summed E-state index contributed by atoms with van der Waals surface area (Å²) < 4.78 is 18.4. The lowest BCUT2D eigenvalue weighted by atomic mass is 10.2. The maximum absolute atomic E-state index is 12.9. The van der Waals surface area contributed by atoms with Gasteiger partial charge >= 0.3 is 0 Å². The van der Waals surface area contributed by atoms with E-state index in [1.807, 2.05) is 12.1 Å². The normalized spacial score (nSPS) is 10.5. The lowest BCUT2D eigenvalue weighted by Gasteiger charge is -2.04. The molecule has 3 rings (SSSR count).